The monoisotopic (exact) mass is 457 g/mol. The van der Waals surface area contributed by atoms with Crippen molar-refractivity contribution in [2.45, 2.75) is 46.6 Å². The van der Waals surface area contributed by atoms with E-state index in [4.69, 9.17) is 4.52 Å². The third-order valence-corrected chi connectivity index (χ3v) is 4.09. The van der Waals surface area contributed by atoms with Gasteiger partial charge >= 0.3 is 0 Å². The topological polar surface area (TPSA) is 75.3 Å². The van der Waals surface area contributed by atoms with Crippen LogP contribution in [0.5, 0.6) is 0 Å². The second-order valence-corrected chi connectivity index (χ2v) is 5.64. The van der Waals surface area contributed by atoms with Gasteiger partial charge in [-0.1, -0.05) is 19.0 Å². The van der Waals surface area contributed by atoms with Crippen molar-refractivity contribution in [2.75, 3.05) is 13.6 Å². The van der Waals surface area contributed by atoms with Crippen LogP contribution in [0.1, 0.15) is 42.0 Å². The summed E-state index contributed by atoms with van der Waals surface area (Å²) in [5, 5.41) is 10.8. The Morgan fingerprint density at radius 3 is 2.68 bits per heavy atom. The van der Waals surface area contributed by atoms with Crippen LogP contribution < -0.4 is 10.6 Å². The summed E-state index contributed by atoms with van der Waals surface area (Å²) in [4.78, 5) is 8.41. The van der Waals surface area contributed by atoms with Gasteiger partial charge in [0.05, 0.1) is 5.69 Å². The van der Waals surface area contributed by atoms with Crippen LogP contribution >= 0.6 is 24.0 Å². The summed E-state index contributed by atoms with van der Waals surface area (Å²) in [7, 11) is 1.78. The first kappa shape index (κ1) is 21.4. The molecule has 0 aliphatic heterocycles. The molecule has 0 atom stereocenters. The van der Waals surface area contributed by atoms with Crippen molar-refractivity contribution in [1.29, 1.82) is 0 Å². The van der Waals surface area contributed by atoms with Gasteiger partial charge in [-0.3, -0.25) is 9.98 Å². The van der Waals surface area contributed by atoms with Crippen molar-refractivity contribution >= 4 is 29.9 Å². The van der Waals surface area contributed by atoms with E-state index in [0.29, 0.717) is 6.54 Å². The Kier molecular flexibility index (Phi) is 9.48. The van der Waals surface area contributed by atoms with Crippen molar-refractivity contribution in [1.82, 2.24) is 20.8 Å². The predicted molar refractivity (Wildman–Crippen MR) is 112 cm³/mol. The fraction of sp³-hybridized carbons (Fsp3) is 0.500. The van der Waals surface area contributed by atoms with Gasteiger partial charge in [-0.15, -0.1) is 24.0 Å². The van der Waals surface area contributed by atoms with E-state index >= 15 is 0 Å². The molecule has 0 amide bonds. The molecule has 2 heterocycles. The number of nitrogens with one attached hydrogen (secondary N) is 2. The maximum absolute atomic E-state index is 5.40. The lowest BCUT2D eigenvalue weighted by Crippen LogP contribution is -2.38. The number of rotatable bonds is 7. The van der Waals surface area contributed by atoms with E-state index in [1.165, 1.54) is 11.1 Å². The maximum atomic E-state index is 5.40. The Hall–Kier alpha value is -1.64. The number of hydrogen-bond acceptors (Lipinski definition) is 4. The van der Waals surface area contributed by atoms with Gasteiger partial charge in [0.2, 0.25) is 0 Å². The van der Waals surface area contributed by atoms with Crippen molar-refractivity contribution < 1.29 is 4.52 Å². The fourth-order valence-corrected chi connectivity index (χ4v) is 2.63. The van der Waals surface area contributed by atoms with E-state index in [1.807, 2.05) is 12.4 Å². The molecule has 25 heavy (non-hydrogen) atoms. The van der Waals surface area contributed by atoms with Gasteiger partial charge in [0, 0.05) is 44.5 Å². The highest BCUT2D eigenvalue weighted by Crippen LogP contribution is 2.15. The van der Waals surface area contributed by atoms with E-state index < -0.39 is 0 Å². The van der Waals surface area contributed by atoms with Gasteiger partial charge in [-0.2, -0.15) is 0 Å². The standard InChI is InChI=1S/C18H27N5O.HI/c1-5-16-15(17(6-2)24-23-16)12-22-18(19-4)21-10-8-14-7-9-20-11-13(14)3;/h7,9,11H,5-6,8,10,12H2,1-4H3,(H2,19,21,22);1H. The van der Waals surface area contributed by atoms with Gasteiger partial charge in [0.1, 0.15) is 5.76 Å². The first-order valence-corrected chi connectivity index (χ1v) is 8.49. The summed E-state index contributed by atoms with van der Waals surface area (Å²) in [6, 6.07) is 2.06. The molecule has 0 radical (unpaired) electrons. The molecule has 0 unspecified atom stereocenters. The van der Waals surface area contributed by atoms with Crippen LogP contribution in [0.25, 0.3) is 0 Å². The number of nitrogens with zero attached hydrogens (tertiary/aromatic N) is 3. The lowest BCUT2D eigenvalue weighted by Gasteiger charge is -2.12. The van der Waals surface area contributed by atoms with Gasteiger partial charge in [-0.25, -0.2) is 0 Å². The van der Waals surface area contributed by atoms with E-state index in [2.05, 4.69) is 52.6 Å². The summed E-state index contributed by atoms with van der Waals surface area (Å²) >= 11 is 0. The average molecular weight is 457 g/mol. The zero-order valence-corrected chi connectivity index (χ0v) is 17.8. The molecule has 0 fully saturated rings. The molecule has 0 bridgehead atoms. The van der Waals surface area contributed by atoms with Gasteiger partial charge < -0.3 is 15.2 Å². The van der Waals surface area contributed by atoms with E-state index in [9.17, 15) is 0 Å². The Morgan fingerprint density at radius 1 is 1.24 bits per heavy atom. The van der Waals surface area contributed by atoms with Crippen molar-refractivity contribution in [3.8, 4) is 0 Å². The first-order valence-electron chi connectivity index (χ1n) is 8.49. The number of guanidine groups is 1. The number of aryl methyl sites for hydroxylation is 3. The number of aliphatic imine (C=N–C) groups is 1. The highest BCUT2D eigenvalue weighted by molar-refractivity contribution is 14.0. The summed E-state index contributed by atoms with van der Waals surface area (Å²) in [6.45, 7) is 7.73. The molecule has 6 nitrogen and oxygen atoms in total. The Balaban J connectivity index is 0.00000312. The molecular formula is C18H28IN5O. The Labute approximate surface area is 166 Å². The zero-order chi connectivity index (χ0) is 17.4. The minimum atomic E-state index is 0. The van der Waals surface area contributed by atoms with Crippen LogP contribution in [0.2, 0.25) is 0 Å². The maximum Gasteiger partial charge on any atom is 0.191 e. The largest absolute Gasteiger partial charge is 0.361 e. The number of halogens is 1. The highest BCUT2D eigenvalue weighted by Gasteiger charge is 2.13. The summed E-state index contributed by atoms with van der Waals surface area (Å²) in [5.74, 6) is 1.73. The van der Waals surface area contributed by atoms with Crippen LogP contribution in [-0.2, 0) is 25.8 Å². The van der Waals surface area contributed by atoms with Crippen molar-refractivity contribution in [2.24, 2.45) is 4.99 Å². The zero-order valence-electron chi connectivity index (χ0n) is 15.4. The minimum Gasteiger partial charge on any atom is -0.361 e. The van der Waals surface area contributed by atoms with E-state index in [-0.39, 0.29) is 24.0 Å². The Bertz CT molecular complexity index is 662. The number of aromatic nitrogens is 2. The van der Waals surface area contributed by atoms with E-state index in [1.54, 1.807) is 7.05 Å². The van der Waals surface area contributed by atoms with Crippen LogP contribution in [-0.4, -0.2) is 29.7 Å². The molecule has 0 aliphatic rings. The molecule has 7 heteroatoms. The average Bonchev–Trinajstić information content (AvgIpc) is 3.01. The molecule has 0 aromatic carbocycles. The third-order valence-electron chi connectivity index (χ3n) is 4.09. The van der Waals surface area contributed by atoms with Crippen molar-refractivity contribution in [3.63, 3.8) is 0 Å². The molecule has 0 saturated carbocycles. The predicted octanol–water partition coefficient (Wildman–Crippen LogP) is 3.03. The molecule has 138 valence electrons. The Morgan fingerprint density at radius 2 is 2.04 bits per heavy atom. The normalized spacial score (nSPS) is 11.1. The molecule has 0 aliphatic carbocycles. The molecular weight excluding hydrogens is 429 g/mol. The molecule has 2 N–H and O–H groups in total. The van der Waals surface area contributed by atoms with Crippen molar-refractivity contribution in [3.05, 3.63) is 46.6 Å². The summed E-state index contributed by atoms with van der Waals surface area (Å²) < 4.78 is 5.40. The number of hydrogen-bond donors (Lipinski definition) is 2. The molecule has 0 spiro atoms. The smallest absolute Gasteiger partial charge is 0.191 e. The fourth-order valence-electron chi connectivity index (χ4n) is 2.63. The first-order chi connectivity index (χ1) is 11.7. The highest BCUT2D eigenvalue weighted by atomic mass is 127. The second-order valence-electron chi connectivity index (χ2n) is 5.64. The molecule has 2 rings (SSSR count). The van der Waals surface area contributed by atoms with Gasteiger partial charge in [0.15, 0.2) is 5.96 Å². The quantitative estimate of drug-likeness (QED) is 0.380. The minimum absolute atomic E-state index is 0. The van der Waals surface area contributed by atoms with Crippen LogP contribution in [0.4, 0.5) is 0 Å². The lowest BCUT2D eigenvalue weighted by molar-refractivity contribution is 0.380. The summed E-state index contributed by atoms with van der Waals surface area (Å²) in [6.07, 6.45) is 6.38. The van der Waals surface area contributed by atoms with Gasteiger partial charge in [0.25, 0.3) is 0 Å². The van der Waals surface area contributed by atoms with E-state index in [0.717, 1.165) is 48.8 Å². The number of pyridine rings is 1. The second kappa shape index (κ2) is 11.1. The molecule has 2 aromatic heterocycles. The molecule has 2 aromatic rings. The lowest BCUT2D eigenvalue weighted by atomic mass is 10.1. The van der Waals surface area contributed by atoms with Crippen LogP contribution in [0.15, 0.2) is 28.0 Å². The summed E-state index contributed by atoms with van der Waals surface area (Å²) in [5.41, 5.74) is 4.68. The van der Waals surface area contributed by atoms with Crippen LogP contribution in [0.3, 0.4) is 0 Å². The SMILES string of the molecule is CCc1noc(CC)c1CNC(=NC)NCCc1ccncc1C.I. The third kappa shape index (κ3) is 5.98. The van der Waals surface area contributed by atoms with Gasteiger partial charge in [-0.05, 0) is 37.0 Å². The van der Waals surface area contributed by atoms with Crippen LogP contribution in [0, 0.1) is 6.92 Å². The molecule has 0 saturated heterocycles.